The minimum absolute atomic E-state index is 0.177. The molecule has 0 unspecified atom stereocenters. The highest BCUT2D eigenvalue weighted by molar-refractivity contribution is 6.33. The highest BCUT2D eigenvalue weighted by Crippen LogP contribution is 2.27. The number of amides is 2. The van der Waals surface area contributed by atoms with E-state index in [0.717, 1.165) is 0 Å². The Morgan fingerprint density at radius 2 is 1.48 bits per heavy atom. The van der Waals surface area contributed by atoms with Crippen LogP contribution in [0.5, 0.6) is 0 Å². The minimum Gasteiger partial charge on any atom is -0.421 e. The quantitative estimate of drug-likeness (QED) is 0.673. The monoisotopic (exact) mass is 353 g/mol. The molecule has 0 bridgehead atoms. The average molecular weight is 354 g/mol. The molecule has 25 heavy (non-hydrogen) atoms. The summed E-state index contributed by atoms with van der Waals surface area (Å²) >= 11 is 6.11. The van der Waals surface area contributed by atoms with Crippen molar-refractivity contribution in [3.8, 4) is 11.5 Å². The topological polar surface area (TPSA) is 76.3 Å². The molecule has 0 saturated carbocycles. The van der Waals surface area contributed by atoms with Crippen LogP contribution < -0.4 is 0 Å². The first-order chi connectivity index (χ1) is 12.1. The van der Waals surface area contributed by atoms with E-state index in [1.165, 1.54) is 4.90 Å². The Labute approximate surface area is 148 Å². The Morgan fingerprint density at radius 1 is 0.880 bits per heavy atom. The van der Waals surface area contributed by atoms with Crippen LogP contribution >= 0.6 is 11.6 Å². The Balaban J connectivity index is 1.49. The van der Waals surface area contributed by atoms with E-state index in [9.17, 15) is 9.59 Å². The second kappa shape index (κ2) is 6.14. The van der Waals surface area contributed by atoms with Crippen LogP contribution in [0, 0.1) is 0 Å². The lowest BCUT2D eigenvalue weighted by Gasteiger charge is -2.11. The number of halogens is 1. The van der Waals surface area contributed by atoms with E-state index in [1.807, 2.05) is 12.1 Å². The fraction of sp³-hybridized carbons (Fsp3) is 0.111. The van der Waals surface area contributed by atoms with Crippen molar-refractivity contribution >= 4 is 23.4 Å². The molecule has 1 aromatic heterocycles. The third-order valence-electron chi connectivity index (χ3n) is 4.00. The maximum Gasteiger partial charge on any atom is 0.261 e. The second-order valence-electron chi connectivity index (χ2n) is 5.54. The number of carbonyl (C=O) groups is 2. The van der Waals surface area contributed by atoms with Gasteiger partial charge in [0.2, 0.25) is 11.8 Å². The van der Waals surface area contributed by atoms with Crippen LogP contribution in [0.15, 0.2) is 52.9 Å². The van der Waals surface area contributed by atoms with E-state index >= 15 is 0 Å². The van der Waals surface area contributed by atoms with E-state index in [2.05, 4.69) is 10.2 Å². The number of benzene rings is 2. The van der Waals surface area contributed by atoms with Crippen LogP contribution in [0.1, 0.15) is 26.6 Å². The van der Waals surface area contributed by atoms with E-state index in [4.69, 9.17) is 16.0 Å². The molecule has 0 N–H and O–H groups in total. The molecule has 2 amide bonds. The molecule has 1 aliphatic rings. The number of hydrogen-bond acceptors (Lipinski definition) is 5. The maximum absolute atomic E-state index is 12.3. The standard InChI is InChI=1S/C18H12ClN3O3/c19-14-8-4-3-7-13(14)16-21-20-15(25-16)9-10-22-17(23)11-5-1-2-6-12(11)18(22)24/h1-8H,9-10H2. The highest BCUT2D eigenvalue weighted by Gasteiger charge is 2.34. The predicted molar refractivity (Wildman–Crippen MR) is 90.3 cm³/mol. The Morgan fingerprint density at radius 3 is 2.12 bits per heavy atom. The second-order valence-corrected chi connectivity index (χ2v) is 5.95. The predicted octanol–water partition coefficient (Wildman–Crippen LogP) is 3.23. The molecule has 0 fully saturated rings. The lowest BCUT2D eigenvalue weighted by atomic mass is 10.1. The van der Waals surface area contributed by atoms with Crippen molar-refractivity contribution in [2.45, 2.75) is 6.42 Å². The zero-order chi connectivity index (χ0) is 17.4. The molecule has 2 heterocycles. The SMILES string of the molecule is O=C1c2ccccc2C(=O)N1CCc1nnc(-c2ccccc2Cl)o1. The van der Waals surface area contributed by atoms with Crippen molar-refractivity contribution < 1.29 is 14.0 Å². The Kier molecular flexibility index (Phi) is 3.82. The number of carbonyl (C=O) groups excluding carboxylic acids is 2. The molecule has 124 valence electrons. The van der Waals surface area contributed by atoms with Gasteiger partial charge in [-0.3, -0.25) is 14.5 Å². The van der Waals surface area contributed by atoms with Crippen molar-refractivity contribution in [3.05, 3.63) is 70.6 Å². The normalized spacial score (nSPS) is 13.4. The highest BCUT2D eigenvalue weighted by atomic mass is 35.5. The van der Waals surface area contributed by atoms with E-state index in [1.54, 1.807) is 36.4 Å². The van der Waals surface area contributed by atoms with Gasteiger partial charge in [0.05, 0.1) is 21.7 Å². The van der Waals surface area contributed by atoms with E-state index in [0.29, 0.717) is 33.5 Å². The number of aromatic nitrogens is 2. The summed E-state index contributed by atoms with van der Waals surface area (Å²) < 4.78 is 5.60. The molecular formula is C18H12ClN3O3. The van der Waals surface area contributed by atoms with Crippen LogP contribution in [0.25, 0.3) is 11.5 Å². The van der Waals surface area contributed by atoms with Crippen molar-refractivity contribution in [2.75, 3.05) is 6.54 Å². The first kappa shape index (κ1) is 15.5. The molecule has 2 aromatic carbocycles. The zero-order valence-electron chi connectivity index (χ0n) is 13.0. The first-order valence-electron chi connectivity index (χ1n) is 7.67. The summed E-state index contributed by atoms with van der Waals surface area (Å²) in [6, 6.07) is 13.9. The van der Waals surface area contributed by atoms with Crippen LogP contribution in [0.3, 0.4) is 0 Å². The Hall–Kier alpha value is -2.99. The van der Waals surface area contributed by atoms with Crippen molar-refractivity contribution in [1.82, 2.24) is 15.1 Å². The number of fused-ring (bicyclic) bond motifs is 1. The molecule has 0 aliphatic carbocycles. The van der Waals surface area contributed by atoms with Gasteiger partial charge in [-0.25, -0.2) is 0 Å². The van der Waals surface area contributed by atoms with Crippen LogP contribution in [0.2, 0.25) is 5.02 Å². The summed E-state index contributed by atoms with van der Waals surface area (Å²) in [5, 5.41) is 8.46. The van der Waals surface area contributed by atoms with Crippen molar-refractivity contribution in [1.29, 1.82) is 0 Å². The van der Waals surface area contributed by atoms with Crippen LogP contribution in [-0.4, -0.2) is 33.5 Å². The largest absolute Gasteiger partial charge is 0.421 e. The summed E-state index contributed by atoms with van der Waals surface area (Å²) in [7, 11) is 0. The van der Waals surface area contributed by atoms with Gasteiger partial charge in [-0.2, -0.15) is 0 Å². The number of imide groups is 1. The molecule has 7 heteroatoms. The van der Waals surface area contributed by atoms with Gasteiger partial charge in [-0.05, 0) is 24.3 Å². The van der Waals surface area contributed by atoms with Gasteiger partial charge >= 0.3 is 0 Å². The van der Waals surface area contributed by atoms with E-state index < -0.39 is 0 Å². The molecule has 0 spiro atoms. The van der Waals surface area contributed by atoms with Gasteiger partial charge in [-0.15, -0.1) is 10.2 Å². The maximum atomic E-state index is 12.3. The summed E-state index contributed by atoms with van der Waals surface area (Å²) in [5.74, 6) is 0.0484. The van der Waals surface area contributed by atoms with Gasteiger partial charge in [-0.1, -0.05) is 35.9 Å². The molecule has 3 aromatic rings. The number of rotatable bonds is 4. The summed E-state index contributed by atoms with van der Waals surface area (Å²) in [4.78, 5) is 25.8. The number of nitrogens with zero attached hydrogens (tertiary/aromatic N) is 3. The zero-order valence-corrected chi connectivity index (χ0v) is 13.7. The molecule has 0 saturated heterocycles. The summed E-state index contributed by atoms with van der Waals surface area (Å²) in [5.41, 5.74) is 1.49. The lowest BCUT2D eigenvalue weighted by molar-refractivity contribution is 0.0654. The summed E-state index contributed by atoms with van der Waals surface area (Å²) in [6.45, 7) is 0.177. The molecule has 1 aliphatic heterocycles. The van der Waals surface area contributed by atoms with Gasteiger partial charge < -0.3 is 4.42 Å². The Bertz CT molecular complexity index is 948. The van der Waals surface area contributed by atoms with Crippen molar-refractivity contribution in [3.63, 3.8) is 0 Å². The lowest BCUT2D eigenvalue weighted by Crippen LogP contribution is -2.31. The number of hydrogen-bond donors (Lipinski definition) is 0. The molecular weight excluding hydrogens is 342 g/mol. The molecule has 6 nitrogen and oxygen atoms in total. The van der Waals surface area contributed by atoms with Gasteiger partial charge in [0.15, 0.2) is 0 Å². The van der Waals surface area contributed by atoms with Gasteiger partial charge in [0.1, 0.15) is 0 Å². The van der Waals surface area contributed by atoms with E-state index in [-0.39, 0.29) is 24.8 Å². The molecule has 0 atom stereocenters. The third-order valence-corrected chi connectivity index (χ3v) is 4.33. The fourth-order valence-corrected chi connectivity index (χ4v) is 2.96. The molecule has 4 rings (SSSR count). The smallest absolute Gasteiger partial charge is 0.261 e. The summed E-state index contributed by atoms with van der Waals surface area (Å²) in [6.07, 6.45) is 0.281. The fourth-order valence-electron chi connectivity index (χ4n) is 2.75. The van der Waals surface area contributed by atoms with Crippen LogP contribution in [0.4, 0.5) is 0 Å². The third kappa shape index (κ3) is 2.70. The van der Waals surface area contributed by atoms with Crippen LogP contribution in [-0.2, 0) is 6.42 Å². The molecule has 0 radical (unpaired) electrons. The minimum atomic E-state index is -0.300. The van der Waals surface area contributed by atoms with Crippen molar-refractivity contribution in [2.24, 2.45) is 0 Å². The first-order valence-corrected chi connectivity index (χ1v) is 8.05. The van der Waals surface area contributed by atoms with Gasteiger partial charge in [0, 0.05) is 13.0 Å². The van der Waals surface area contributed by atoms with Gasteiger partial charge in [0.25, 0.3) is 11.8 Å². The average Bonchev–Trinajstić information content (AvgIpc) is 3.19.